The number of thiophene rings is 1. The number of rotatable bonds is 3. The van der Waals surface area contributed by atoms with Gasteiger partial charge >= 0.3 is 0 Å². The van der Waals surface area contributed by atoms with Crippen LogP contribution in [0, 0.1) is 0 Å². The zero-order chi connectivity index (χ0) is 14.7. The topological polar surface area (TPSA) is 67.8 Å². The molecule has 3 aromatic heterocycles. The van der Waals surface area contributed by atoms with E-state index in [4.69, 9.17) is 11.6 Å². The molecule has 104 valence electrons. The number of halogens is 1. The number of carbonyl (C=O) groups excluding carboxylic acids is 1. The number of hydrogen-bond acceptors (Lipinski definition) is 5. The minimum atomic E-state index is -0.333. The molecular weight excluding hydrogens is 308 g/mol. The van der Waals surface area contributed by atoms with E-state index in [9.17, 15) is 4.79 Å². The van der Waals surface area contributed by atoms with E-state index in [-0.39, 0.29) is 11.6 Å². The fourth-order valence-electron chi connectivity index (χ4n) is 1.75. The van der Waals surface area contributed by atoms with Crippen LogP contribution < -0.4 is 5.32 Å². The van der Waals surface area contributed by atoms with Crippen molar-refractivity contribution in [3.63, 3.8) is 0 Å². The zero-order valence-electron chi connectivity index (χ0n) is 10.7. The molecule has 21 heavy (non-hydrogen) atoms. The SMILES string of the molecule is O=C(Nc1cccnc1-c1ccc(Cl)s1)c1cnccn1. The first kappa shape index (κ1) is 13.7. The summed E-state index contributed by atoms with van der Waals surface area (Å²) in [6.45, 7) is 0. The standard InChI is InChI=1S/C14H9ClN4OS/c15-12-4-3-11(21-12)13-9(2-1-5-18-13)19-14(20)10-8-16-6-7-17-10/h1-8H,(H,19,20). The first-order chi connectivity index (χ1) is 10.2. The van der Waals surface area contributed by atoms with Crippen LogP contribution in [0.4, 0.5) is 5.69 Å². The Balaban J connectivity index is 1.91. The second-order valence-electron chi connectivity index (χ2n) is 4.05. The van der Waals surface area contributed by atoms with Gasteiger partial charge < -0.3 is 5.32 Å². The quantitative estimate of drug-likeness (QED) is 0.803. The zero-order valence-corrected chi connectivity index (χ0v) is 12.2. The molecule has 3 aromatic rings. The van der Waals surface area contributed by atoms with Gasteiger partial charge in [0, 0.05) is 18.6 Å². The smallest absolute Gasteiger partial charge is 0.275 e. The molecule has 0 spiro atoms. The predicted molar refractivity (Wildman–Crippen MR) is 82.5 cm³/mol. The van der Waals surface area contributed by atoms with Crippen molar-refractivity contribution in [2.45, 2.75) is 0 Å². The molecule has 3 heterocycles. The van der Waals surface area contributed by atoms with Gasteiger partial charge in [-0.3, -0.25) is 14.8 Å². The van der Waals surface area contributed by atoms with Gasteiger partial charge in [0.1, 0.15) is 11.4 Å². The highest BCUT2D eigenvalue weighted by molar-refractivity contribution is 7.19. The molecule has 0 aliphatic rings. The van der Waals surface area contributed by atoms with Gasteiger partial charge in [0.2, 0.25) is 0 Å². The van der Waals surface area contributed by atoms with Gasteiger partial charge in [-0.15, -0.1) is 11.3 Å². The number of hydrogen-bond donors (Lipinski definition) is 1. The number of nitrogens with zero attached hydrogens (tertiary/aromatic N) is 3. The molecule has 0 aliphatic carbocycles. The molecule has 1 N–H and O–H groups in total. The maximum absolute atomic E-state index is 12.1. The van der Waals surface area contributed by atoms with E-state index in [0.717, 1.165) is 4.88 Å². The molecule has 7 heteroatoms. The van der Waals surface area contributed by atoms with Crippen molar-refractivity contribution in [2.24, 2.45) is 0 Å². The van der Waals surface area contributed by atoms with Gasteiger partial charge in [0.25, 0.3) is 5.91 Å². The fraction of sp³-hybridized carbons (Fsp3) is 0. The summed E-state index contributed by atoms with van der Waals surface area (Å²) in [4.78, 5) is 25.2. The van der Waals surface area contributed by atoms with Crippen molar-refractivity contribution in [1.29, 1.82) is 0 Å². The Morgan fingerprint density at radius 2 is 2.05 bits per heavy atom. The van der Waals surface area contributed by atoms with Gasteiger partial charge in [-0.2, -0.15) is 0 Å². The van der Waals surface area contributed by atoms with Crippen LogP contribution in [-0.4, -0.2) is 20.9 Å². The van der Waals surface area contributed by atoms with Crippen molar-refractivity contribution < 1.29 is 4.79 Å². The van der Waals surface area contributed by atoms with Crippen LogP contribution in [-0.2, 0) is 0 Å². The summed E-state index contributed by atoms with van der Waals surface area (Å²) in [5.74, 6) is -0.333. The highest BCUT2D eigenvalue weighted by atomic mass is 35.5. The molecule has 0 saturated heterocycles. The maximum Gasteiger partial charge on any atom is 0.275 e. The van der Waals surface area contributed by atoms with Crippen LogP contribution in [0.1, 0.15) is 10.5 Å². The van der Waals surface area contributed by atoms with Crippen LogP contribution in [0.3, 0.4) is 0 Å². The van der Waals surface area contributed by atoms with Crippen molar-refractivity contribution in [3.05, 3.63) is 59.1 Å². The molecule has 0 atom stereocenters. The molecule has 0 unspecified atom stereocenters. The Morgan fingerprint density at radius 3 is 2.76 bits per heavy atom. The third kappa shape index (κ3) is 3.07. The van der Waals surface area contributed by atoms with E-state index in [1.54, 1.807) is 24.4 Å². The fourth-order valence-corrected chi connectivity index (χ4v) is 2.80. The van der Waals surface area contributed by atoms with E-state index in [0.29, 0.717) is 15.7 Å². The van der Waals surface area contributed by atoms with E-state index in [1.165, 1.54) is 29.9 Å². The monoisotopic (exact) mass is 316 g/mol. The molecule has 0 radical (unpaired) electrons. The minimum Gasteiger partial charge on any atom is -0.319 e. The minimum absolute atomic E-state index is 0.247. The normalized spacial score (nSPS) is 10.3. The summed E-state index contributed by atoms with van der Waals surface area (Å²) in [6, 6.07) is 7.20. The molecule has 5 nitrogen and oxygen atoms in total. The number of anilines is 1. The Morgan fingerprint density at radius 1 is 1.14 bits per heavy atom. The van der Waals surface area contributed by atoms with E-state index < -0.39 is 0 Å². The Labute approximate surface area is 129 Å². The molecule has 0 aromatic carbocycles. The molecule has 0 bridgehead atoms. The van der Waals surface area contributed by atoms with Crippen LogP contribution >= 0.6 is 22.9 Å². The largest absolute Gasteiger partial charge is 0.319 e. The Hall–Kier alpha value is -2.31. The summed E-state index contributed by atoms with van der Waals surface area (Å²) < 4.78 is 0.668. The molecule has 0 fully saturated rings. The van der Waals surface area contributed by atoms with Gasteiger partial charge in [-0.25, -0.2) is 4.98 Å². The van der Waals surface area contributed by atoms with Crippen molar-refractivity contribution in [2.75, 3.05) is 5.32 Å². The average Bonchev–Trinajstić information content (AvgIpc) is 2.95. The number of aromatic nitrogens is 3. The van der Waals surface area contributed by atoms with Crippen LogP contribution in [0.15, 0.2) is 49.1 Å². The molecule has 1 amide bonds. The Kier molecular flexibility index (Phi) is 3.89. The second kappa shape index (κ2) is 5.99. The van der Waals surface area contributed by atoms with E-state index in [2.05, 4.69) is 20.3 Å². The lowest BCUT2D eigenvalue weighted by molar-refractivity contribution is 0.102. The predicted octanol–water partition coefficient (Wildman–Crippen LogP) is 3.51. The van der Waals surface area contributed by atoms with Gasteiger partial charge in [0.15, 0.2) is 0 Å². The van der Waals surface area contributed by atoms with E-state index in [1.807, 2.05) is 6.07 Å². The average molecular weight is 317 g/mol. The number of pyridine rings is 1. The molecule has 0 aliphatic heterocycles. The first-order valence-electron chi connectivity index (χ1n) is 6.02. The maximum atomic E-state index is 12.1. The van der Waals surface area contributed by atoms with Gasteiger partial charge in [-0.1, -0.05) is 11.6 Å². The summed E-state index contributed by atoms with van der Waals surface area (Å²) in [6.07, 6.45) is 6.06. The first-order valence-corrected chi connectivity index (χ1v) is 7.21. The van der Waals surface area contributed by atoms with Crippen LogP contribution in [0.5, 0.6) is 0 Å². The summed E-state index contributed by atoms with van der Waals surface area (Å²) >= 11 is 7.35. The third-order valence-corrected chi connectivity index (χ3v) is 3.90. The third-order valence-electron chi connectivity index (χ3n) is 2.66. The van der Waals surface area contributed by atoms with E-state index >= 15 is 0 Å². The van der Waals surface area contributed by atoms with Crippen molar-refractivity contribution in [3.8, 4) is 10.6 Å². The summed E-state index contributed by atoms with van der Waals surface area (Å²) in [5.41, 5.74) is 1.52. The number of carbonyl (C=O) groups is 1. The number of amides is 1. The lowest BCUT2D eigenvalue weighted by Crippen LogP contribution is -2.14. The highest BCUT2D eigenvalue weighted by Gasteiger charge is 2.13. The number of nitrogens with one attached hydrogen (secondary N) is 1. The molecular formula is C14H9ClN4OS. The van der Waals surface area contributed by atoms with Crippen LogP contribution in [0.2, 0.25) is 4.34 Å². The molecule has 3 rings (SSSR count). The Bertz CT molecular complexity index is 775. The van der Waals surface area contributed by atoms with Crippen molar-refractivity contribution >= 4 is 34.5 Å². The lowest BCUT2D eigenvalue weighted by atomic mass is 10.2. The van der Waals surface area contributed by atoms with Crippen molar-refractivity contribution in [1.82, 2.24) is 15.0 Å². The summed E-state index contributed by atoms with van der Waals surface area (Å²) in [7, 11) is 0. The van der Waals surface area contributed by atoms with Crippen LogP contribution in [0.25, 0.3) is 10.6 Å². The van der Waals surface area contributed by atoms with Gasteiger partial charge in [0.05, 0.1) is 21.1 Å². The second-order valence-corrected chi connectivity index (χ2v) is 5.76. The molecule has 0 saturated carbocycles. The summed E-state index contributed by atoms with van der Waals surface area (Å²) in [5, 5.41) is 2.79. The van der Waals surface area contributed by atoms with Gasteiger partial charge in [-0.05, 0) is 24.3 Å². The lowest BCUT2D eigenvalue weighted by Gasteiger charge is -2.08. The highest BCUT2D eigenvalue weighted by Crippen LogP contribution is 2.33.